The normalized spacial score (nSPS) is 22.4. The van der Waals surface area contributed by atoms with Gasteiger partial charge in [0.05, 0.1) is 26.2 Å². The molecule has 0 saturated heterocycles. The summed E-state index contributed by atoms with van der Waals surface area (Å²) >= 11 is 0. The molecular weight excluding hydrogens is 261 g/mol. The topological polar surface area (TPSA) is 38.7 Å². The fraction of sp³-hybridized carbons (Fsp3) is 0.538. The van der Waals surface area contributed by atoms with Gasteiger partial charge in [-0.1, -0.05) is 6.07 Å². The second kappa shape index (κ2) is 5.38. The van der Waals surface area contributed by atoms with Gasteiger partial charge in [-0.25, -0.2) is 0 Å². The first-order chi connectivity index (χ1) is 8.90. The number of fused-ring (bicyclic) bond motifs is 1. The third kappa shape index (κ3) is 3.39. The molecular formula is C13H15F3O3. The average Bonchev–Trinajstić information content (AvgIpc) is 2.65. The molecule has 106 valence electrons. The molecule has 0 fully saturated rings. The average molecular weight is 276 g/mol. The predicted octanol–water partition coefficient (Wildman–Crippen LogP) is 2.62. The van der Waals surface area contributed by atoms with E-state index in [1.165, 1.54) is 7.11 Å². The molecule has 0 amide bonds. The van der Waals surface area contributed by atoms with Gasteiger partial charge in [0.1, 0.15) is 11.9 Å². The summed E-state index contributed by atoms with van der Waals surface area (Å²) in [4.78, 5) is 0. The molecule has 0 heterocycles. The number of aliphatic hydroxyl groups excluding tert-OH is 1. The second-order valence-corrected chi connectivity index (χ2v) is 4.49. The van der Waals surface area contributed by atoms with Crippen LogP contribution < -0.4 is 4.74 Å². The van der Waals surface area contributed by atoms with Crippen molar-refractivity contribution in [2.45, 2.75) is 31.2 Å². The first-order valence-electron chi connectivity index (χ1n) is 5.94. The minimum atomic E-state index is -4.24. The van der Waals surface area contributed by atoms with Crippen LogP contribution in [0.15, 0.2) is 18.2 Å². The Balaban J connectivity index is 1.97. The molecule has 2 atom stereocenters. The Labute approximate surface area is 108 Å². The van der Waals surface area contributed by atoms with Crippen molar-refractivity contribution >= 4 is 0 Å². The van der Waals surface area contributed by atoms with Gasteiger partial charge in [-0.05, 0) is 23.3 Å². The summed E-state index contributed by atoms with van der Waals surface area (Å²) in [7, 11) is 1.51. The van der Waals surface area contributed by atoms with Crippen molar-refractivity contribution in [1.82, 2.24) is 0 Å². The van der Waals surface area contributed by atoms with E-state index >= 15 is 0 Å². The van der Waals surface area contributed by atoms with Crippen LogP contribution in [0, 0.1) is 0 Å². The standard InChI is InChI=1S/C13H15F3O3/c1-18-9-3-2-8-6-11(12(17)10(8)7-9)19-5-4-13(14,15)16/h2-3,7,11-12,17H,4-6H2,1H3. The van der Waals surface area contributed by atoms with Crippen LogP contribution in [0.1, 0.15) is 23.7 Å². The van der Waals surface area contributed by atoms with Crippen LogP contribution in [0.3, 0.4) is 0 Å². The Kier molecular flexibility index (Phi) is 4.01. The second-order valence-electron chi connectivity index (χ2n) is 4.49. The Morgan fingerprint density at radius 2 is 2.11 bits per heavy atom. The molecule has 0 saturated carbocycles. The largest absolute Gasteiger partial charge is 0.497 e. The highest BCUT2D eigenvalue weighted by atomic mass is 19.4. The maximum atomic E-state index is 12.0. The summed E-state index contributed by atoms with van der Waals surface area (Å²) in [5, 5.41) is 10.0. The summed E-state index contributed by atoms with van der Waals surface area (Å²) < 4.78 is 46.3. The molecule has 0 radical (unpaired) electrons. The van der Waals surface area contributed by atoms with E-state index in [1.807, 2.05) is 0 Å². The van der Waals surface area contributed by atoms with Gasteiger partial charge in [-0.2, -0.15) is 13.2 Å². The van der Waals surface area contributed by atoms with Crippen LogP contribution in [0.25, 0.3) is 0 Å². The summed E-state index contributed by atoms with van der Waals surface area (Å²) in [5.41, 5.74) is 1.54. The van der Waals surface area contributed by atoms with Crippen LogP contribution >= 0.6 is 0 Å². The lowest BCUT2D eigenvalue weighted by atomic mass is 10.1. The molecule has 1 aromatic carbocycles. The Bertz CT molecular complexity index is 445. The Morgan fingerprint density at radius 3 is 2.74 bits per heavy atom. The highest BCUT2D eigenvalue weighted by molar-refractivity contribution is 5.41. The molecule has 0 bridgehead atoms. The van der Waals surface area contributed by atoms with Crippen LogP contribution in [-0.2, 0) is 11.2 Å². The van der Waals surface area contributed by atoms with E-state index in [2.05, 4.69) is 0 Å². The fourth-order valence-electron chi connectivity index (χ4n) is 2.17. The first-order valence-corrected chi connectivity index (χ1v) is 5.94. The number of aliphatic hydroxyl groups is 1. The van der Waals surface area contributed by atoms with Crippen LogP contribution in [-0.4, -0.2) is 31.1 Å². The zero-order valence-corrected chi connectivity index (χ0v) is 10.4. The lowest BCUT2D eigenvalue weighted by Gasteiger charge is -2.16. The van der Waals surface area contributed by atoms with Gasteiger partial charge in [0.2, 0.25) is 0 Å². The van der Waals surface area contributed by atoms with Crippen molar-refractivity contribution in [3.8, 4) is 5.75 Å². The zero-order valence-electron chi connectivity index (χ0n) is 10.4. The number of halogens is 3. The van der Waals surface area contributed by atoms with E-state index in [-0.39, 0.29) is 0 Å². The maximum absolute atomic E-state index is 12.0. The molecule has 1 aromatic rings. The molecule has 19 heavy (non-hydrogen) atoms. The molecule has 0 aliphatic heterocycles. The summed E-state index contributed by atoms with van der Waals surface area (Å²) in [5.74, 6) is 0.605. The SMILES string of the molecule is COc1ccc2c(c1)C(O)C(OCCC(F)(F)F)C2. The number of ether oxygens (including phenoxy) is 2. The third-order valence-corrected chi connectivity index (χ3v) is 3.16. The molecule has 0 spiro atoms. The quantitative estimate of drug-likeness (QED) is 0.918. The van der Waals surface area contributed by atoms with Crippen LogP contribution in [0.2, 0.25) is 0 Å². The highest BCUT2D eigenvalue weighted by Crippen LogP contribution is 2.35. The summed E-state index contributed by atoms with van der Waals surface area (Å²) in [6.45, 7) is -0.434. The van der Waals surface area contributed by atoms with E-state index in [1.54, 1.807) is 18.2 Å². The Morgan fingerprint density at radius 1 is 1.37 bits per heavy atom. The molecule has 1 aliphatic carbocycles. The number of alkyl halides is 3. The van der Waals surface area contributed by atoms with Crippen molar-refractivity contribution in [3.63, 3.8) is 0 Å². The number of rotatable bonds is 4. The first kappa shape index (κ1) is 14.1. The van der Waals surface area contributed by atoms with Gasteiger partial charge < -0.3 is 14.6 Å². The number of benzene rings is 1. The molecule has 3 nitrogen and oxygen atoms in total. The van der Waals surface area contributed by atoms with Crippen LogP contribution in [0.4, 0.5) is 13.2 Å². The van der Waals surface area contributed by atoms with E-state index in [0.29, 0.717) is 17.7 Å². The number of methoxy groups -OCH3 is 1. The lowest BCUT2D eigenvalue weighted by Crippen LogP contribution is -2.21. The van der Waals surface area contributed by atoms with Crippen molar-refractivity contribution in [2.75, 3.05) is 13.7 Å². The van der Waals surface area contributed by atoms with Gasteiger partial charge in [-0.15, -0.1) is 0 Å². The van der Waals surface area contributed by atoms with E-state index < -0.39 is 31.4 Å². The molecule has 2 rings (SSSR count). The Hall–Kier alpha value is -1.27. The van der Waals surface area contributed by atoms with E-state index in [9.17, 15) is 18.3 Å². The summed E-state index contributed by atoms with van der Waals surface area (Å²) in [6.07, 6.45) is -6.35. The third-order valence-electron chi connectivity index (χ3n) is 3.16. The van der Waals surface area contributed by atoms with Gasteiger partial charge >= 0.3 is 6.18 Å². The number of hydrogen-bond acceptors (Lipinski definition) is 3. The molecule has 1 aliphatic rings. The van der Waals surface area contributed by atoms with Gasteiger partial charge in [0, 0.05) is 6.42 Å². The van der Waals surface area contributed by atoms with Gasteiger partial charge in [0.15, 0.2) is 0 Å². The van der Waals surface area contributed by atoms with E-state index in [0.717, 1.165) is 5.56 Å². The highest BCUT2D eigenvalue weighted by Gasteiger charge is 2.33. The van der Waals surface area contributed by atoms with Gasteiger partial charge in [0.25, 0.3) is 0 Å². The summed E-state index contributed by atoms with van der Waals surface area (Å²) in [6, 6.07) is 5.24. The lowest BCUT2D eigenvalue weighted by molar-refractivity contribution is -0.153. The fourth-order valence-corrected chi connectivity index (χ4v) is 2.17. The zero-order chi connectivity index (χ0) is 14.0. The molecule has 6 heteroatoms. The smallest absolute Gasteiger partial charge is 0.391 e. The monoisotopic (exact) mass is 276 g/mol. The minimum absolute atomic E-state index is 0.415. The van der Waals surface area contributed by atoms with E-state index in [4.69, 9.17) is 9.47 Å². The number of hydrogen-bond donors (Lipinski definition) is 1. The van der Waals surface area contributed by atoms with Crippen molar-refractivity contribution < 1.29 is 27.8 Å². The van der Waals surface area contributed by atoms with Crippen molar-refractivity contribution in [3.05, 3.63) is 29.3 Å². The van der Waals surface area contributed by atoms with Crippen molar-refractivity contribution in [1.29, 1.82) is 0 Å². The predicted molar refractivity (Wildman–Crippen MR) is 62.1 cm³/mol. The van der Waals surface area contributed by atoms with Crippen LogP contribution in [0.5, 0.6) is 5.75 Å². The minimum Gasteiger partial charge on any atom is -0.497 e. The van der Waals surface area contributed by atoms with Crippen molar-refractivity contribution in [2.24, 2.45) is 0 Å². The molecule has 2 unspecified atom stereocenters. The molecule has 0 aromatic heterocycles. The van der Waals surface area contributed by atoms with Gasteiger partial charge in [-0.3, -0.25) is 0 Å². The maximum Gasteiger partial charge on any atom is 0.391 e. The molecule has 1 N–H and O–H groups in total.